The van der Waals surface area contributed by atoms with Crippen molar-refractivity contribution in [3.63, 3.8) is 0 Å². The summed E-state index contributed by atoms with van der Waals surface area (Å²) in [7, 11) is 0. The first-order chi connectivity index (χ1) is 10.2. The molecule has 0 aromatic heterocycles. The molecule has 0 saturated carbocycles. The maximum absolute atomic E-state index is 8.88. The van der Waals surface area contributed by atoms with Crippen molar-refractivity contribution in [2.24, 2.45) is 0 Å². The Morgan fingerprint density at radius 2 is 1.76 bits per heavy atom. The van der Waals surface area contributed by atoms with E-state index >= 15 is 0 Å². The Labute approximate surface area is 127 Å². The molecule has 1 atom stereocenters. The Kier molecular flexibility index (Phi) is 5.64. The van der Waals surface area contributed by atoms with Crippen LogP contribution in [0.3, 0.4) is 0 Å². The summed E-state index contributed by atoms with van der Waals surface area (Å²) >= 11 is 0. The monoisotopic (exact) mass is 287 g/mol. The minimum absolute atomic E-state index is 0.194. The van der Waals surface area contributed by atoms with E-state index < -0.39 is 0 Å². The highest BCUT2D eigenvalue weighted by atomic mass is 16.6. The second-order valence-corrected chi connectivity index (χ2v) is 5.83. The average Bonchev–Trinajstić information content (AvgIpc) is 3.36. The highest BCUT2D eigenvalue weighted by molar-refractivity contribution is 5.35. The van der Waals surface area contributed by atoms with Crippen molar-refractivity contribution in [1.29, 1.82) is 5.26 Å². The summed E-state index contributed by atoms with van der Waals surface area (Å²) in [5.74, 6) is 0.844. The fourth-order valence-corrected chi connectivity index (χ4v) is 2.75. The van der Waals surface area contributed by atoms with E-state index in [2.05, 4.69) is 19.9 Å². The minimum Gasteiger partial charge on any atom is -0.484 e. The number of benzene rings is 1. The predicted octanol–water partition coefficient (Wildman–Crippen LogP) is 4.46. The van der Waals surface area contributed by atoms with Crippen LogP contribution < -0.4 is 4.74 Å². The van der Waals surface area contributed by atoms with Gasteiger partial charge in [-0.25, -0.2) is 0 Å². The van der Waals surface area contributed by atoms with Crippen LogP contribution in [0.15, 0.2) is 24.3 Å². The number of epoxide rings is 1. The molecule has 1 aromatic carbocycles. The summed E-state index contributed by atoms with van der Waals surface area (Å²) in [5.41, 5.74) is 0.470. The number of nitriles is 1. The second-order valence-electron chi connectivity index (χ2n) is 5.83. The number of hydrogen-bond acceptors (Lipinski definition) is 3. The van der Waals surface area contributed by atoms with Crippen molar-refractivity contribution in [3.8, 4) is 11.8 Å². The third-order valence-electron chi connectivity index (χ3n) is 4.13. The Bertz CT molecular complexity index is 463. The molecule has 0 amide bonds. The van der Waals surface area contributed by atoms with Crippen molar-refractivity contribution < 1.29 is 9.47 Å². The van der Waals surface area contributed by atoms with Crippen molar-refractivity contribution in [1.82, 2.24) is 0 Å². The molecule has 3 nitrogen and oxygen atoms in total. The predicted molar refractivity (Wildman–Crippen MR) is 83.3 cm³/mol. The molecular formula is C18H25NO2. The molecule has 1 unspecified atom stereocenters. The second kappa shape index (κ2) is 7.47. The van der Waals surface area contributed by atoms with Crippen LogP contribution in [0.5, 0.6) is 5.75 Å². The lowest BCUT2D eigenvalue weighted by Crippen LogP contribution is -2.42. The van der Waals surface area contributed by atoms with E-state index in [4.69, 9.17) is 14.7 Å². The fraction of sp³-hybridized carbons (Fsp3) is 0.611. The van der Waals surface area contributed by atoms with Crippen LogP contribution in [0.4, 0.5) is 0 Å². The first kappa shape index (κ1) is 15.9. The van der Waals surface area contributed by atoms with Crippen molar-refractivity contribution in [3.05, 3.63) is 29.8 Å². The molecule has 1 fully saturated rings. The molecule has 1 aromatic rings. The molecule has 0 N–H and O–H groups in total. The van der Waals surface area contributed by atoms with Gasteiger partial charge in [0.2, 0.25) is 0 Å². The topological polar surface area (TPSA) is 45.5 Å². The van der Waals surface area contributed by atoms with E-state index in [1.54, 1.807) is 0 Å². The summed E-state index contributed by atoms with van der Waals surface area (Å²) in [6, 6.07) is 9.56. The van der Waals surface area contributed by atoms with Gasteiger partial charge in [0.1, 0.15) is 17.5 Å². The molecule has 0 aliphatic carbocycles. The van der Waals surface area contributed by atoms with Gasteiger partial charge in [0.25, 0.3) is 0 Å². The van der Waals surface area contributed by atoms with Gasteiger partial charge in [-0.1, -0.05) is 26.7 Å². The van der Waals surface area contributed by atoms with Crippen LogP contribution in [0.1, 0.15) is 57.9 Å². The Morgan fingerprint density at radius 1 is 1.19 bits per heavy atom. The lowest BCUT2D eigenvalue weighted by molar-refractivity contribution is 0.0173. The van der Waals surface area contributed by atoms with Crippen LogP contribution in [-0.2, 0) is 4.74 Å². The highest BCUT2D eigenvalue weighted by Gasteiger charge is 2.48. The third kappa shape index (κ3) is 4.22. The first-order valence-electron chi connectivity index (χ1n) is 8.05. The summed E-state index contributed by atoms with van der Waals surface area (Å²) < 4.78 is 12.0. The fourth-order valence-electron chi connectivity index (χ4n) is 2.75. The Balaban J connectivity index is 2.14. The summed E-state index contributed by atoms with van der Waals surface area (Å²) in [5, 5.41) is 8.88. The smallest absolute Gasteiger partial charge is 0.137 e. The lowest BCUT2D eigenvalue weighted by Gasteiger charge is -2.33. The Morgan fingerprint density at radius 3 is 2.19 bits per heavy atom. The number of unbranched alkanes of at least 4 members (excludes halogenated alkanes) is 2. The summed E-state index contributed by atoms with van der Waals surface area (Å²) in [4.78, 5) is 0. The van der Waals surface area contributed by atoms with E-state index in [-0.39, 0.29) is 11.7 Å². The maximum Gasteiger partial charge on any atom is 0.137 e. The molecule has 0 spiro atoms. The first-order valence-corrected chi connectivity index (χ1v) is 8.05. The maximum atomic E-state index is 8.88. The molecule has 1 aliphatic rings. The van der Waals surface area contributed by atoms with E-state index in [0.717, 1.165) is 50.9 Å². The lowest BCUT2D eigenvalue weighted by atomic mass is 9.87. The number of rotatable bonds is 9. The minimum atomic E-state index is -0.194. The van der Waals surface area contributed by atoms with Crippen LogP contribution >= 0.6 is 0 Å². The largest absolute Gasteiger partial charge is 0.484 e. The number of hydrogen-bond donors (Lipinski definition) is 0. The van der Waals surface area contributed by atoms with Crippen LogP contribution in [0, 0.1) is 11.3 Å². The molecule has 114 valence electrons. The molecular weight excluding hydrogens is 262 g/mol. The van der Waals surface area contributed by atoms with Gasteiger partial charge in [0.05, 0.1) is 18.2 Å². The van der Waals surface area contributed by atoms with Crippen molar-refractivity contribution in [2.75, 3.05) is 6.61 Å². The molecule has 1 heterocycles. The van der Waals surface area contributed by atoms with Gasteiger partial charge in [0.15, 0.2) is 0 Å². The zero-order valence-electron chi connectivity index (χ0n) is 13.1. The molecule has 3 heteroatoms. The van der Waals surface area contributed by atoms with Gasteiger partial charge in [0, 0.05) is 0 Å². The van der Waals surface area contributed by atoms with E-state index in [1.807, 2.05) is 24.3 Å². The van der Waals surface area contributed by atoms with Gasteiger partial charge in [-0.2, -0.15) is 5.26 Å². The zero-order chi connectivity index (χ0) is 15.1. The van der Waals surface area contributed by atoms with E-state index in [1.165, 1.54) is 0 Å². The van der Waals surface area contributed by atoms with E-state index in [0.29, 0.717) is 5.56 Å². The highest BCUT2D eigenvalue weighted by Crippen LogP contribution is 2.38. The summed E-state index contributed by atoms with van der Waals surface area (Å²) in [6.07, 6.45) is 6.93. The number of ether oxygens (including phenoxy) is 2. The SMILES string of the molecule is CCCCC(CCCC)(Oc1ccc(C#N)cc1)C1CO1. The molecule has 1 saturated heterocycles. The molecule has 0 bridgehead atoms. The van der Waals surface area contributed by atoms with Gasteiger partial charge < -0.3 is 9.47 Å². The standard InChI is InChI=1S/C18H25NO2/c1-3-5-11-18(12-6-4-2,17-14-20-17)21-16-9-7-15(13-19)8-10-16/h7-10,17H,3-6,11-12,14H2,1-2H3. The average molecular weight is 287 g/mol. The normalized spacial score (nSPS) is 17.3. The van der Waals surface area contributed by atoms with E-state index in [9.17, 15) is 0 Å². The molecule has 2 rings (SSSR count). The molecule has 0 radical (unpaired) electrons. The quantitative estimate of drug-likeness (QED) is 0.630. The van der Waals surface area contributed by atoms with Crippen LogP contribution in [-0.4, -0.2) is 18.3 Å². The zero-order valence-corrected chi connectivity index (χ0v) is 13.1. The van der Waals surface area contributed by atoms with Crippen molar-refractivity contribution in [2.45, 2.75) is 64.1 Å². The summed E-state index contributed by atoms with van der Waals surface area (Å²) in [6.45, 7) is 5.23. The molecule has 1 aliphatic heterocycles. The van der Waals surface area contributed by atoms with Gasteiger partial charge in [-0.05, 0) is 49.9 Å². The third-order valence-corrected chi connectivity index (χ3v) is 4.13. The van der Waals surface area contributed by atoms with Gasteiger partial charge in [-0.15, -0.1) is 0 Å². The Hall–Kier alpha value is -1.53. The van der Waals surface area contributed by atoms with Crippen LogP contribution in [0.25, 0.3) is 0 Å². The number of nitrogens with zero attached hydrogens (tertiary/aromatic N) is 1. The van der Waals surface area contributed by atoms with Gasteiger partial charge in [-0.3, -0.25) is 0 Å². The molecule has 21 heavy (non-hydrogen) atoms. The van der Waals surface area contributed by atoms with Crippen molar-refractivity contribution >= 4 is 0 Å². The van der Waals surface area contributed by atoms with Gasteiger partial charge >= 0.3 is 0 Å². The van der Waals surface area contributed by atoms with Crippen LogP contribution in [0.2, 0.25) is 0 Å².